The molecule has 2 fully saturated rings. The van der Waals surface area contributed by atoms with Gasteiger partial charge in [-0.3, -0.25) is 39.0 Å². The topological polar surface area (TPSA) is 125 Å². The predicted molar refractivity (Wildman–Crippen MR) is 104 cm³/mol. The second-order valence-corrected chi connectivity index (χ2v) is 6.70. The zero-order valence-corrected chi connectivity index (χ0v) is 16.6. The number of hydrazine groups is 2. The van der Waals surface area contributed by atoms with Crippen LogP contribution in [0.5, 0.6) is 0 Å². The number of carbonyl (C=O) groups excluding carboxylic acids is 5. The molecule has 0 radical (unpaired) electrons. The average Bonchev–Trinajstić information content (AvgIpc) is 2.75. The number of likely N-dealkylation sites (N-methyl/N-ethyl adjacent to an activating group) is 4. The molecule has 0 aliphatic carbocycles. The third kappa shape index (κ3) is 3.36. The number of benzene rings is 1. The van der Waals surface area contributed by atoms with Crippen molar-refractivity contribution >= 4 is 41.8 Å². The summed E-state index contributed by atoms with van der Waals surface area (Å²) in [6.07, 6.45) is 2.70. The fourth-order valence-electron chi connectivity index (χ4n) is 2.92. The fourth-order valence-corrected chi connectivity index (χ4v) is 2.92. The SMILES string of the molecule is CN1C(=O)C(=Cc2ccc(C=C3C(=O)N(C)N([O-])N(C)C3=O)cc2)C(=O)N(C)C1=O. The lowest BCUT2D eigenvalue weighted by molar-refractivity contribution is -0.181. The van der Waals surface area contributed by atoms with Crippen LogP contribution >= 0.6 is 0 Å². The van der Waals surface area contributed by atoms with Crippen molar-refractivity contribution in [1.82, 2.24) is 25.1 Å². The minimum Gasteiger partial charge on any atom is -0.748 e. The molecule has 2 aliphatic rings. The van der Waals surface area contributed by atoms with Crippen LogP contribution in [-0.4, -0.2) is 82.9 Å². The molecular weight excluding hydrogens is 394 g/mol. The lowest BCUT2D eigenvalue weighted by Crippen LogP contribution is -2.58. The summed E-state index contributed by atoms with van der Waals surface area (Å²) in [5.74, 6) is -2.90. The lowest BCUT2D eigenvalue weighted by atomic mass is 10.0. The summed E-state index contributed by atoms with van der Waals surface area (Å²) in [5.41, 5.74) is 0.659. The van der Waals surface area contributed by atoms with Crippen LogP contribution in [0.3, 0.4) is 0 Å². The smallest absolute Gasteiger partial charge is 0.333 e. The van der Waals surface area contributed by atoms with Crippen molar-refractivity contribution in [2.45, 2.75) is 0 Å². The molecule has 11 heteroatoms. The number of imide groups is 2. The van der Waals surface area contributed by atoms with Gasteiger partial charge in [0.25, 0.3) is 23.6 Å². The second-order valence-electron chi connectivity index (χ2n) is 6.70. The van der Waals surface area contributed by atoms with Gasteiger partial charge in [0.1, 0.15) is 11.1 Å². The van der Waals surface area contributed by atoms with E-state index in [9.17, 15) is 29.2 Å². The maximum Gasteiger partial charge on any atom is 0.333 e. The fraction of sp³-hybridized carbons (Fsp3) is 0.211. The Balaban J connectivity index is 1.89. The molecule has 0 bridgehead atoms. The quantitative estimate of drug-likeness (QED) is 0.497. The monoisotopic (exact) mass is 412 g/mol. The highest BCUT2D eigenvalue weighted by molar-refractivity contribution is 6.30. The van der Waals surface area contributed by atoms with Gasteiger partial charge < -0.3 is 5.21 Å². The largest absolute Gasteiger partial charge is 0.748 e. The summed E-state index contributed by atoms with van der Waals surface area (Å²) in [4.78, 5) is 62.5. The number of barbiturate groups is 1. The molecule has 30 heavy (non-hydrogen) atoms. The lowest BCUT2D eigenvalue weighted by Gasteiger charge is -2.46. The van der Waals surface area contributed by atoms with E-state index in [4.69, 9.17) is 0 Å². The molecule has 2 saturated heterocycles. The molecule has 156 valence electrons. The van der Waals surface area contributed by atoms with E-state index in [1.807, 2.05) is 0 Å². The number of amides is 6. The van der Waals surface area contributed by atoms with Crippen LogP contribution < -0.4 is 0 Å². The predicted octanol–water partition coefficient (Wildman–Crippen LogP) is 0.0640. The van der Waals surface area contributed by atoms with Crippen molar-refractivity contribution in [2.24, 2.45) is 0 Å². The minimum atomic E-state index is -0.742. The summed E-state index contributed by atoms with van der Waals surface area (Å²) < 4.78 is 0. The van der Waals surface area contributed by atoms with E-state index in [0.29, 0.717) is 11.1 Å². The summed E-state index contributed by atoms with van der Waals surface area (Å²) >= 11 is 0. The average molecular weight is 412 g/mol. The number of hydrogen-bond acceptors (Lipinski definition) is 7. The molecular formula is C19H18N5O6-. The summed E-state index contributed by atoms with van der Waals surface area (Å²) in [5, 5.41) is 13.4. The normalized spacial score (nSPS) is 18.6. The maximum absolute atomic E-state index is 12.3. The first-order chi connectivity index (χ1) is 14.0. The van der Waals surface area contributed by atoms with Crippen LogP contribution in [0, 0.1) is 5.21 Å². The van der Waals surface area contributed by atoms with Crippen LogP contribution in [-0.2, 0) is 19.2 Å². The molecule has 0 aromatic heterocycles. The van der Waals surface area contributed by atoms with Crippen LogP contribution in [0.1, 0.15) is 11.1 Å². The Morgan fingerprint density at radius 3 is 1.33 bits per heavy atom. The van der Waals surface area contributed by atoms with Crippen molar-refractivity contribution in [3.8, 4) is 0 Å². The first-order valence-corrected chi connectivity index (χ1v) is 8.71. The van der Waals surface area contributed by atoms with Gasteiger partial charge in [-0.05, 0) is 23.3 Å². The highest BCUT2D eigenvalue weighted by atomic mass is 16.6. The molecule has 2 heterocycles. The van der Waals surface area contributed by atoms with Crippen LogP contribution in [0.2, 0.25) is 0 Å². The molecule has 0 atom stereocenters. The Morgan fingerprint density at radius 2 is 0.967 bits per heavy atom. The molecule has 2 aliphatic heterocycles. The summed E-state index contributed by atoms with van der Waals surface area (Å²) in [7, 11) is 5.06. The van der Waals surface area contributed by atoms with Crippen LogP contribution in [0.25, 0.3) is 12.2 Å². The molecule has 6 amide bonds. The van der Waals surface area contributed by atoms with Gasteiger partial charge >= 0.3 is 6.03 Å². The third-order valence-electron chi connectivity index (χ3n) is 4.76. The Kier molecular flexibility index (Phi) is 5.25. The molecule has 0 saturated carbocycles. The highest BCUT2D eigenvalue weighted by Crippen LogP contribution is 2.21. The standard InChI is InChI=1S/C19H18N5O6/c1-20-15(25)13(16(26)21(2)19(20)29)9-11-5-7-12(8-6-11)10-14-17(27)22(3)24(30)23(4)18(14)28/h5-10H,1-4H3/q-1. The molecule has 3 rings (SSSR count). The molecule has 1 aromatic rings. The van der Waals surface area contributed by atoms with E-state index in [1.54, 1.807) is 24.3 Å². The van der Waals surface area contributed by atoms with Gasteiger partial charge in [-0.1, -0.05) is 24.3 Å². The van der Waals surface area contributed by atoms with Crippen molar-refractivity contribution in [3.63, 3.8) is 0 Å². The zero-order chi connectivity index (χ0) is 22.3. The van der Waals surface area contributed by atoms with Crippen LogP contribution in [0.15, 0.2) is 35.4 Å². The minimum absolute atomic E-state index is 0.161. The van der Waals surface area contributed by atoms with Gasteiger partial charge in [-0.15, -0.1) is 0 Å². The molecule has 11 nitrogen and oxygen atoms in total. The Bertz CT molecular complexity index is 978. The van der Waals surface area contributed by atoms with E-state index in [0.717, 1.165) is 19.8 Å². The summed E-state index contributed by atoms with van der Waals surface area (Å²) in [6.45, 7) is 0. The van der Waals surface area contributed by atoms with E-state index >= 15 is 0 Å². The molecule has 0 spiro atoms. The van der Waals surface area contributed by atoms with Crippen molar-refractivity contribution in [1.29, 1.82) is 0 Å². The zero-order valence-electron chi connectivity index (χ0n) is 16.6. The number of nitrogens with zero attached hydrogens (tertiary/aromatic N) is 5. The second kappa shape index (κ2) is 7.54. The van der Waals surface area contributed by atoms with E-state index in [2.05, 4.69) is 0 Å². The van der Waals surface area contributed by atoms with Crippen LogP contribution in [0.4, 0.5) is 4.79 Å². The van der Waals surface area contributed by atoms with Crippen molar-refractivity contribution in [3.05, 3.63) is 51.7 Å². The van der Waals surface area contributed by atoms with Crippen molar-refractivity contribution in [2.75, 3.05) is 28.2 Å². The van der Waals surface area contributed by atoms with Gasteiger partial charge in [-0.25, -0.2) is 4.79 Å². The number of hydrogen-bond donors (Lipinski definition) is 0. The molecule has 0 unspecified atom stereocenters. The van der Waals surface area contributed by atoms with Gasteiger partial charge in [0.05, 0.1) is 0 Å². The van der Waals surface area contributed by atoms with Crippen molar-refractivity contribution < 1.29 is 24.0 Å². The Morgan fingerprint density at radius 1 is 0.633 bits per heavy atom. The number of carbonyl (C=O) groups is 5. The van der Waals surface area contributed by atoms with Gasteiger partial charge in [0.2, 0.25) is 0 Å². The summed E-state index contributed by atoms with van der Waals surface area (Å²) in [6, 6.07) is 5.63. The Labute approximate surface area is 171 Å². The van der Waals surface area contributed by atoms with E-state index in [-0.39, 0.29) is 16.4 Å². The maximum atomic E-state index is 12.3. The molecule has 1 aromatic carbocycles. The first-order valence-electron chi connectivity index (χ1n) is 8.71. The van der Waals surface area contributed by atoms with Gasteiger partial charge in [0, 0.05) is 28.2 Å². The van der Waals surface area contributed by atoms with E-state index in [1.165, 1.54) is 40.3 Å². The number of rotatable bonds is 2. The number of urea groups is 1. The van der Waals surface area contributed by atoms with E-state index < -0.39 is 29.7 Å². The van der Waals surface area contributed by atoms with Gasteiger partial charge in [-0.2, -0.15) is 5.28 Å². The third-order valence-corrected chi connectivity index (χ3v) is 4.76. The van der Waals surface area contributed by atoms with Gasteiger partial charge in [0.15, 0.2) is 0 Å². The Hall–Kier alpha value is -3.83. The molecule has 0 N–H and O–H groups in total. The highest BCUT2D eigenvalue weighted by Gasteiger charge is 2.37. The first kappa shape index (κ1) is 20.9.